The summed E-state index contributed by atoms with van der Waals surface area (Å²) in [6, 6.07) is 30.3. The van der Waals surface area contributed by atoms with Crippen molar-refractivity contribution in [3.05, 3.63) is 137 Å². The third-order valence-corrected chi connectivity index (χ3v) is 9.00. The molecule has 0 aliphatic rings. The second-order valence-electron chi connectivity index (χ2n) is 11.6. The number of benzene rings is 4. The van der Waals surface area contributed by atoms with Crippen LogP contribution >= 0.6 is 0 Å². The third kappa shape index (κ3) is 9.74. The molecule has 9 nitrogen and oxygen atoms in total. The fourth-order valence-electron chi connectivity index (χ4n) is 5.08. The van der Waals surface area contributed by atoms with E-state index in [0.717, 1.165) is 32.8 Å². The van der Waals surface area contributed by atoms with Crippen molar-refractivity contribution in [2.75, 3.05) is 24.2 Å². The van der Waals surface area contributed by atoms with E-state index < -0.39 is 34.0 Å². The minimum Gasteiger partial charge on any atom is -0.390 e. The van der Waals surface area contributed by atoms with Gasteiger partial charge in [0, 0.05) is 31.3 Å². The van der Waals surface area contributed by atoms with Gasteiger partial charge in [-0.25, -0.2) is 8.42 Å². The van der Waals surface area contributed by atoms with Crippen LogP contribution in [0.5, 0.6) is 0 Å². The van der Waals surface area contributed by atoms with Gasteiger partial charge in [0.25, 0.3) is 11.8 Å². The van der Waals surface area contributed by atoms with Gasteiger partial charge in [-0.2, -0.15) is 0 Å². The molecule has 0 heterocycles. The fourth-order valence-corrected chi connectivity index (χ4v) is 5.57. The van der Waals surface area contributed by atoms with Crippen LogP contribution in [0.15, 0.2) is 103 Å². The number of carbonyl (C=O) groups is 2. The van der Waals surface area contributed by atoms with Crippen LogP contribution in [-0.2, 0) is 23.0 Å². The highest BCUT2D eigenvalue weighted by Crippen LogP contribution is 2.22. The molecule has 0 aliphatic heterocycles. The maximum Gasteiger partial charge on any atom is 0.251 e. The Morgan fingerprint density at radius 1 is 0.804 bits per heavy atom. The number of aliphatic hydroxyl groups is 1. The number of aliphatic hydroxyl groups excluding tert-OH is 1. The topological polar surface area (TPSA) is 128 Å². The van der Waals surface area contributed by atoms with Gasteiger partial charge in [0.05, 0.1) is 30.1 Å². The van der Waals surface area contributed by atoms with Crippen LogP contribution in [0.3, 0.4) is 0 Å². The Morgan fingerprint density at radius 3 is 2.00 bits per heavy atom. The third-order valence-electron chi connectivity index (χ3n) is 7.79. The second-order valence-corrected chi connectivity index (χ2v) is 13.6. The highest BCUT2D eigenvalue weighted by atomic mass is 32.2. The van der Waals surface area contributed by atoms with E-state index in [1.165, 1.54) is 25.2 Å². The van der Waals surface area contributed by atoms with E-state index >= 15 is 0 Å². The number of amides is 2. The van der Waals surface area contributed by atoms with Crippen LogP contribution in [0, 0.1) is 6.92 Å². The molecule has 0 unspecified atom stereocenters. The molecular weight excluding hydrogens is 600 g/mol. The zero-order valence-corrected chi connectivity index (χ0v) is 27.4. The summed E-state index contributed by atoms with van der Waals surface area (Å²) >= 11 is 0. The summed E-state index contributed by atoms with van der Waals surface area (Å²) in [7, 11) is -2.33. The predicted molar refractivity (Wildman–Crippen MR) is 182 cm³/mol. The van der Waals surface area contributed by atoms with Gasteiger partial charge in [-0.1, -0.05) is 90.5 Å². The molecule has 4 aromatic rings. The number of rotatable bonds is 14. The molecule has 4 rings (SSSR count). The van der Waals surface area contributed by atoms with E-state index in [2.05, 4.69) is 22.0 Å². The summed E-state index contributed by atoms with van der Waals surface area (Å²) in [6.07, 6.45) is 0.447. The number of hydrogen-bond acceptors (Lipinski definition) is 6. The lowest BCUT2D eigenvalue weighted by molar-refractivity contribution is 0.0830. The summed E-state index contributed by atoms with van der Waals surface area (Å²) < 4.78 is 25.9. The van der Waals surface area contributed by atoms with Crippen molar-refractivity contribution in [3.8, 4) is 0 Å². The Morgan fingerprint density at radius 2 is 1.39 bits per heavy atom. The highest BCUT2D eigenvalue weighted by Gasteiger charge is 2.25. The Kier molecular flexibility index (Phi) is 11.7. The normalized spacial score (nSPS) is 13.3. The van der Waals surface area contributed by atoms with Gasteiger partial charge in [0.15, 0.2) is 0 Å². The summed E-state index contributed by atoms with van der Waals surface area (Å²) in [4.78, 5) is 27.2. The first-order valence-electron chi connectivity index (χ1n) is 15.1. The Balaban J connectivity index is 1.58. The fraction of sp³-hybridized carbons (Fsp3) is 0.278. The van der Waals surface area contributed by atoms with Crippen molar-refractivity contribution in [2.24, 2.45) is 0 Å². The molecule has 10 heteroatoms. The number of aryl methyl sites for hydroxylation is 1. The molecule has 242 valence electrons. The molecular formula is C36H42N4O5S. The number of anilines is 1. The first kappa shape index (κ1) is 34.4. The minimum absolute atomic E-state index is 0.0866. The molecule has 0 bridgehead atoms. The summed E-state index contributed by atoms with van der Waals surface area (Å²) in [5.41, 5.74) is 4.41. The maximum absolute atomic E-state index is 13.8. The van der Waals surface area contributed by atoms with E-state index in [1.807, 2.05) is 92.7 Å². The Bertz CT molecular complexity index is 1730. The van der Waals surface area contributed by atoms with Crippen molar-refractivity contribution < 1.29 is 23.1 Å². The van der Waals surface area contributed by atoms with Gasteiger partial charge in [0.1, 0.15) is 0 Å². The molecule has 0 saturated carbocycles. The second kappa shape index (κ2) is 15.7. The quantitative estimate of drug-likeness (QED) is 0.162. The highest BCUT2D eigenvalue weighted by molar-refractivity contribution is 7.92. The van der Waals surface area contributed by atoms with Crippen molar-refractivity contribution in [1.82, 2.24) is 16.0 Å². The number of nitrogens with zero attached hydrogens (tertiary/aromatic N) is 1. The Labute approximate surface area is 271 Å². The lowest BCUT2D eigenvalue weighted by Crippen LogP contribution is -2.48. The maximum atomic E-state index is 13.8. The molecule has 46 heavy (non-hydrogen) atoms. The van der Waals surface area contributed by atoms with Gasteiger partial charge in [0.2, 0.25) is 10.0 Å². The average molecular weight is 643 g/mol. The van der Waals surface area contributed by atoms with Crippen molar-refractivity contribution in [1.29, 1.82) is 0 Å². The van der Waals surface area contributed by atoms with Gasteiger partial charge >= 0.3 is 0 Å². The minimum atomic E-state index is -3.70. The molecule has 4 aromatic carbocycles. The van der Waals surface area contributed by atoms with E-state index in [-0.39, 0.29) is 29.4 Å². The van der Waals surface area contributed by atoms with Crippen LogP contribution in [0.1, 0.15) is 55.9 Å². The zero-order valence-electron chi connectivity index (χ0n) is 26.6. The molecule has 0 saturated heterocycles. The SMILES string of the molecule is Cc1cccc(CNC[C@@H](O)[C@H](Cc2ccccc2)NC(=O)c2cc(C(=O)N[C@H](C)c3ccccc3)cc(N(C)S(C)(=O)=O)c2)c1. The van der Waals surface area contributed by atoms with E-state index in [0.29, 0.717) is 13.0 Å². The smallest absolute Gasteiger partial charge is 0.251 e. The number of carbonyl (C=O) groups excluding carboxylic acids is 2. The molecule has 0 aliphatic carbocycles. The first-order valence-corrected chi connectivity index (χ1v) is 17.0. The number of nitrogens with one attached hydrogen (secondary N) is 3. The number of hydrogen-bond donors (Lipinski definition) is 4. The van der Waals surface area contributed by atoms with Crippen molar-refractivity contribution in [2.45, 2.75) is 45.0 Å². The van der Waals surface area contributed by atoms with Crippen molar-refractivity contribution in [3.63, 3.8) is 0 Å². The Hall–Kier alpha value is -4.51. The zero-order chi connectivity index (χ0) is 33.3. The van der Waals surface area contributed by atoms with E-state index in [4.69, 9.17) is 0 Å². The molecule has 0 aromatic heterocycles. The van der Waals surface area contributed by atoms with E-state index in [9.17, 15) is 23.1 Å². The summed E-state index contributed by atoms with van der Waals surface area (Å²) in [5, 5.41) is 20.4. The monoisotopic (exact) mass is 642 g/mol. The molecule has 0 fully saturated rings. The molecule has 0 radical (unpaired) electrons. The average Bonchev–Trinajstić information content (AvgIpc) is 3.04. The lowest BCUT2D eigenvalue weighted by Gasteiger charge is -2.26. The molecule has 0 spiro atoms. The largest absolute Gasteiger partial charge is 0.390 e. The summed E-state index contributed by atoms with van der Waals surface area (Å²) in [6.45, 7) is 4.62. The molecule has 3 atom stereocenters. The van der Waals surface area contributed by atoms with E-state index in [1.54, 1.807) is 0 Å². The number of sulfonamides is 1. The molecule has 2 amide bonds. The van der Waals surface area contributed by atoms with Crippen LogP contribution in [0.4, 0.5) is 5.69 Å². The standard InChI is InChI=1S/C36H42N4O5S/c1-25-12-11-15-28(18-25)23-37-24-34(41)33(19-27-13-7-5-8-14-27)39-36(43)31-20-30(21-32(22-31)40(3)46(4,44)45)35(42)38-26(2)29-16-9-6-10-17-29/h5-18,20-22,26,33-34,37,41H,19,23-24H2,1-4H3,(H,38,42)(H,39,43)/t26-,33+,34-/m1/s1. The van der Waals surface area contributed by atoms with Crippen molar-refractivity contribution >= 4 is 27.5 Å². The lowest BCUT2D eigenvalue weighted by atomic mass is 9.99. The van der Waals surface area contributed by atoms with Crippen LogP contribution < -0.4 is 20.3 Å². The van der Waals surface area contributed by atoms with Gasteiger partial charge in [-0.3, -0.25) is 13.9 Å². The van der Waals surface area contributed by atoms with Gasteiger partial charge in [-0.05, 0) is 55.2 Å². The van der Waals surface area contributed by atoms with Gasteiger partial charge < -0.3 is 21.1 Å². The first-order chi connectivity index (χ1) is 21.9. The predicted octanol–water partition coefficient (Wildman–Crippen LogP) is 4.37. The van der Waals surface area contributed by atoms with Gasteiger partial charge in [-0.15, -0.1) is 0 Å². The van der Waals surface area contributed by atoms with Crippen LogP contribution in [0.25, 0.3) is 0 Å². The van der Waals surface area contributed by atoms with Crippen LogP contribution in [-0.4, -0.2) is 57.3 Å². The summed E-state index contributed by atoms with van der Waals surface area (Å²) in [5.74, 6) is -1.01. The molecule has 4 N–H and O–H groups in total. The van der Waals surface area contributed by atoms with Crippen LogP contribution in [0.2, 0.25) is 0 Å².